The SMILES string of the molecule is Cc1oc(COCCN(C)C2CC2)cc1CN. The lowest BCUT2D eigenvalue weighted by Crippen LogP contribution is -2.25. The predicted octanol–water partition coefficient (Wildman–Crippen LogP) is 1.66. The fraction of sp³-hybridized carbons (Fsp3) is 0.692. The van der Waals surface area contributed by atoms with Crippen LogP contribution in [0.4, 0.5) is 0 Å². The second-order valence-corrected chi connectivity index (χ2v) is 4.76. The van der Waals surface area contributed by atoms with E-state index in [0.717, 1.165) is 36.3 Å². The van der Waals surface area contributed by atoms with Crippen LogP contribution in [0.2, 0.25) is 0 Å². The Kier molecular flexibility index (Phi) is 4.20. The smallest absolute Gasteiger partial charge is 0.130 e. The van der Waals surface area contributed by atoms with Crippen LogP contribution in [0.25, 0.3) is 0 Å². The Balaban J connectivity index is 1.66. The fourth-order valence-corrected chi connectivity index (χ4v) is 1.94. The third-order valence-corrected chi connectivity index (χ3v) is 3.29. The first kappa shape index (κ1) is 12.6. The second-order valence-electron chi connectivity index (χ2n) is 4.76. The number of hydrogen-bond donors (Lipinski definition) is 1. The van der Waals surface area contributed by atoms with Gasteiger partial charge in [0, 0.05) is 24.7 Å². The molecule has 4 nitrogen and oxygen atoms in total. The van der Waals surface area contributed by atoms with Crippen LogP contribution < -0.4 is 5.73 Å². The minimum atomic E-state index is 0.528. The first-order valence-corrected chi connectivity index (χ1v) is 6.27. The Morgan fingerprint density at radius 1 is 1.53 bits per heavy atom. The Morgan fingerprint density at radius 2 is 2.29 bits per heavy atom. The summed E-state index contributed by atoms with van der Waals surface area (Å²) in [6.45, 7) is 4.75. The maximum Gasteiger partial charge on any atom is 0.130 e. The number of furan rings is 1. The van der Waals surface area contributed by atoms with Crippen LogP contribution in [-0.4, -0.2) is 31.1 Å². The third-order valence-electron chi connectivity index (χ3n) is 3.29. The van der Waals surface area contributed by atoms with Crippen LogP contribution in [0.15, 0.2) is 10.5 Å². The summed E-state index contributed by atoms with van der Waals surface area (Å²) in [4.78, 5) is 2.36. The number of nitrogens with two attached hydrogens (primary N) is 1. The molecule has 1 heterocycles. The molecule has 1 fully saturated rings. The molecular weight excluding hydrogens is 216 g/mol. The molecule has 0 amide bonds. The van der Waals surface area contributed by atoms with Gasteiger partial charge in [-0.3, -0.25) is 0 Å². The number of likely N-dealkylation sites (N-methyl/N-ethyl adjacent to an activating group) is 1. The molecule has 1 aliphatic carbocycles. The van der Waals surface area contributed by atoms with Gasteiger partial charge in [0.2, 0.25) is 0 Å². The van der Waals surface area contributed by atoms with Gasteiger partial charge < -0.3 is 19.8 Å². The number of nitrogens with zero attached hydrogens (tertiary/aromatic N) is 1. The van der Waals surface area contributed by atoms with E-state index in [4.69, 9.17) is 14.9 Å². The molecule has 0 saturated heterocycles. The highest BCUT2D eigenvalue weighted by atomic mass is 16.5. The summed E-state index contributed by atoms with van der Waals surface area (Å²) < 4.78 is 11.2. The van der Waals surface area contributed by atoms with Gasteiger partial charge in [-0.2, -0.15) is 0 Å². The molecule has 0 radical (unpaired) electrons. The highest BCUT2D eigenvalue weighted by Crippen LogP contribution is 2.24. The Bertz CT molecular complexity index is 358. The summed E-state index contributed by atoms with van der Waals surface area (Å²) in [5.41, 5.74) is 6.66. The van der Waals surface area contributed by atoms with Gasteiger partial charge >= 0.3 is 0 Å². The highest BCUT2D eigenvalue weighted by molar-refractivity contribution is 5.19. The maximum atomic E-state index is 5.60. The van der Waals surface area contributed by atoms with Crippen molar-refractivity contribution in [2.75, 3.05) is 20.2 Å². The van der Waals surface area contributed by atoms with Gasteiger partial charge in [0.05, 0.1) is 6.61 Å². The molecule has 1 aliphatic rings. The lowest BCUT2D eigenvalue weighted by atomic mass is 10.2. The van der Waals surface area contributed by atoms with Crippen LogP contribution in [0.1, 0.15) is 29.9 Å². The molecule has 1 saturated carbocycles. The van der Waals surface area contributed by atoms with E-state index in [0.29, 0.717) is 13.2 Å². The molecule has 96 valence electrons. The fourth-order valence-electron chi connectivity index (χ4n) is 1.94. The van der Waals surface area contributed by atoms with Gasteiger partial charge in [0.15, 0.2) is 0 Å². The minimum absolute atomic E-state index is 0.528. The topological polar surface area (TPSA) is 51.6 Å². The van der Waals surface area contributed by atoms with Crippen LogP contribution >= 0.6 is 0 Å². The zero-order chi connectivity index (χ0) is 12.3. The van der Waals surface area contributed by atoms with Crippen molar-refractivity contribution in [3.63, 3.8) is 0 Å². The van der Waals surface area contributed by atoms with Crippen LogP contribution in [-0.2, 0) is 17.9 Å². The van der Waals surface area contributed by atoms with Crippen LogP contribution in [0.5, 0.6) is 0 Å². The number of hydrogen-bond acceptors (Lipinski definition) is 4. The molecule has 0 unspecified atom stereocenters. The van der Waals surface area contributed by atoms with E-state index >= 15 is 0 Å². The average molecular weight is 238 g/mol. The third kappa shape index (κ3) is 3.56. The quantitative estimate of drug-likeness (QED) is 0.734. The Morgan fingerprint density at radius 3 is 2.88 bits per heavy atom. The van der Waals surface area contributed by atoms with Gasteiger partial charge in [0.1, 0.15) is 18.1 Å². The zero-order valence-corrected chi connectivity index (χ0v) is 10.7. The van der Waals surface area contributed by atoms with E-state index in [2.05, 4.69) is 11.9 Å². The summed E-state index contributed by atoms with van der Waals surface area (Å²) in [5, 5.41) is 0. The zero-order valence-electron chi connectivity index (χ0n) is 10.7. The van der Waals surface area contributed by atoms with Gasteiger partial charge in [-0.05, 0) is 32.9 Å². The molecule has 1 aromatic rings. The van der Waals surface area contributed by atoms with E-state index in [1.165, 1.54) is 12.8 Å². The first-order chi connectivity index (χ1) is 8.20. The molecule has 0 spiro atoms. The normalized spacial score (nSPS) is 15.8. The summed E-state index contributed by atoms with van der Waals surface area (Å²) in [6, 6.07) is 2.79. The van der Waals surface area contributed by atoms with Gasteiger partial charge in [-0.25, -0.2) is 0 Å². The van der Waals surface area contributed by atoms with Gasteiger partial charge in [-0.15, -0.1) is 0 Å². The van der Waals surface area contributed by atoms with E-state index < -0.39 is 0 Å². The van der Waals surface area contributed by atoms with Crippen molar-refractivity contribution in [1.82, 2.24) is 4.90 Å². The van der Waals surface area contributed by atoms with Crippen molar-refractivity contribution < 1.29 is 9.15 Å². The summed E-state index contributed by atoms with van der Waals surface area (Å²) in [6.07, 6.45) is 2.68. The standard InChI is InChI=1S/C13H22N2O2/c1-10-11(8-14)7-13(17-10)9-16-6-5-15(2)12-3-4-12/h7,12H,3-6,8-9,14H2,1-2H3. The molecule has 0 atom stereocenters. The van der Waals surface area contributed by atoms with E-state index in [1.54, 1.807) is 0 Å². The molecule has 0 aliphatic heterocycles. The van der Waals surface area contributed by atoms with Crippen molar-refractivity contribution in [1.29, 1.82) is 0 Å². The molecule has 2 N–H and O–H groups in total. The lowest BCUT2D eigenvalue weighted by molar-refractivity contribution is 0.0858. The average Bonchev–Trinajstić information content (AvgIpc) is 3.09. The van der Waals surface area contributed by atoms with Crippen molar-refractivity contribution in [2.45, 2.75) is 39.0 Å². The first-order valence-electron chi connectivity index (χ1n) is 6.27. The monoisotopic (exact) mass is 238 g/mol. The second kappa shape index (κ2) is 5.67. The molecular formula is C13H22N2O2. The number of rotatable bonds is 7. The molecule has 1 aromatic heterocycles. The molecule has 17 heavy (non-hydrogen) atoms. The molecule has 0 aromatic carbocycles. The van der Waals surface area contributed by atoms with Gasteiger partial charge in [-0.1, -0.05) is 0 Å². The van der Waals surface area contributed by atoms with Crippen LogP contribution in [0.3, 0.4) is 0 Å². The van der Waals surface area contributed by atoms with E-state index in [1.807, 2.05) is 13.0 Å². The molecule has 2 rings (SSSR count). The summed E-state index contributed by atoms with van der Waals surface area (Å²) in [7, 11) is 2.16. The van der Waals surface area contributed by atoms with Crippen molar-refractivity contribution in [2.24, 2.45) is 5.73 Å². The van der Waals surface area contributed by atoms with Gasteiger partial charge in [0.25, 0.3) is 0 Å². The Hall–Kier alpha value is -0.840. The summed E-state index contributed by atoms with van der Waals surface area (Å²) >= 11 is 0. The summed E-state index contributed by atoms with van der Waals surface area (Å²) in [5.74, 6) is 1.78. The van der Waals surface area contributed by atoms with E-state index in [-0.39, 0.29) is 0 Å². The Labute approximate surface area is 103 Å². The lowest BCUT2D eigenvalue weighted by Gasteiger charge is -2.14. The highest BCUT2D eigenvalue weighted by Gasteiger charge is 2.25. The molecule has 0 bridgehead atoms. The van der Waals surface area contributed by atoms with E-state index in [9.17, 15) is 0 Å². The molecule has 4 heteroatoms. The maximum absolute atomic E-state index is 5.60. The van der Waals surface area contributed by atoms with Crippen molar-refractivity contribution >= 4 is 0 Å². The van der Waals surface area contributed by atoms with Crippen LogP contribution in [0, 0.1) is 6.92 Å². The van der Waals surface area contributed by atoms with Crippen molar-refractivity contribution in [3.05, 3.63) is 23.2 Å². The largest absolute Gasteiger partial charge is 0.464 e. The number of aryl methyl sites for hydroxylation is 1. The van der Waals surface area contributed by atoms with Crippen molar-refractivity contribution in [3.8, 4) is 0 Å². The predicted molar refractivity (Wildman–Crippen MR) is 66.6 cm³/mol. The number of ether oxygens (including phenoxy) is 1. The minimum Gasteiger partial charge on any atom is -0.464 e.